The summed E-state index contributed by atoms with van der Waals surface area (Å²) in [5.41, 5.74) is 2.56. The molecule has 1 fully saturated rings. The number of guanidine groups is 1. The van der Waals surface area contributed by atoms with E-state index < -0.39 is 0 Å². The first-order valence-corrected chi connectivity index (χ1v) is 9.72. The maximum Gasteiger partial charge on any atom is 0.191 e. The second-order valence-electron chi connectivity index (χ2n) is 7.04. The second kappa shape index (κ2) is 8.02. The van der Waals surface area contributed by atoms with Gasteiger partial charge in [0.05, 0.1) is 0 Å². The first-order valence-electron chi connectivity index (χ1n) is 9.34. The number of nitrogens with zero attached hydrogens (tertiary/aromatic N) is 4. The van der Waals surface area contributed by atoms with Gasteiger partial charge in [-0.2, -0.15) is 5.10 Å². The van der Waals surface area contributed by atoms with Crippen LogP contribution in [0, 0.1) is 0 Å². The van der Waals surface area contributed by atoms with Crippen molar-refractivity contribution in [2.45, 2.75) is 24.8 Å². The van der Waals surface area contributed by atoms with E-state index in [2.05, 4.69) is 37.8 Å². The number of pyridine rings is 1. The van der Waals surface area contributed by atoms with Crippen LogP contribution in [0.15, 0.2) is 66.0 Å². The average Bonchev–Trinajstić information content (AvgIpc) is 3.31. The van der Waals surface area contributed by atoms with Gasteiger partial charge in [0.2, 0.25) is 0 Å². The van der Waals surface area contributed by atoms with Gasteiger partial charge in [-0.15, -0.1) is 0 Å². The van der Waals surface area contributed by atoms with E-state index in [4.69, 9.17) is 11.6 Å². The Kier molecular flexibility index (Phi) is 5.30. The van der Waals surface area contributed by atoms with Crippen molar-refractivity contribution < 1.29 is 0 Å². The van der Waals surface area contributed by atoms with Crippen LogP contribution < -0.4 is 10.6 Å². The zero-order valence-corrected chi connectivity index (χ0v) is 16.5. The second-order valence-corrected chi connectivity index (χ2v) is 7.48. The van der Waals surface area contributed by atoms with Crippen LogP contribution >= 0.6 is 11.6 Å². The highest BCUT2D eigenvalue weighted by molar-refractivity contribution is 6.30. The molecule has 1 saturated carbocycles. The van der Waals surface area contributed by atoms with Gasteiger partial charge in [0.15, 0.2) is 11.8 Å². The molecule has 144 valence electrons. The molecule has 28 heavy (non-hydrogen) atoms. The van der Waals surface area contributed by atoms with Crippen molar-refractivity contribution in [2.24, 2.45) is 4.99 Å². The van der Waals surface area contributed by atoms with Gasteiger partial charge in [-0.3, -0.25) is 4.99 Å². The highest BCUT2D eigenvalue weighted by Gasteiger charge is 2.44. The Hall–Kier alpha value is -2.86. The molecule has 1 aromatic carbocycles. The van der Waals surface area contributed by atoms with Gasteiger partial charge in [-0.25, -0.2) is 9.67 Å². The molecule has 0 aliphatic heterocycles. The number of nitrogens with one attached hydrogen (secondary N) is 2. The number of aliphatic imine (C=N–C) groups is 1. The number of benzene rings is 1. The lowest BCUT2D eigenvalue weighted by Gasteiger charge is -2.19. The minimum atomic E-state index is 0.159. The maximum absolute atomic E-state index is 6.17. The van der Waals surface area contributed by atoms with Crippen LogP contribution in [0.3, 0.4) is 0 Å². The minimum Gasteiger partial charge on any atom is -0.356 e. The smallest absolute Gasteiger partial charge is 0.191 e. The summed E-state index contributed by atoms with van der Waals surface area (Å²) in [6.45, 7) is 1.49. The lowest BCUT2D eigenvalue weighted by atomic mass is 9.96. The number of hydrogen-bond acceptors (Lipinski definition) is 3. The van der Waals surface area contributed by atoms with Crippen LogP contribution in [0.25, 0.3) is 5.82 Å². The molecule has 7 heteroatoms. The van der Waals surface area contributed by atoms with Crippen molar-refractivity contribution in [3.05, 3.63) is 77.2 Å². The highest BCUT2D eigenvalue weighted by Crippen LogP contribution is 2.48. The first kappa shape index (κ1) is 18.5. The standard InChI is InChI=1S/C21H23ClN6/c1-23-20(26-15-21(7-8-21)17-4-2-5-18(22)13-17)25-14-16-6-10-24-19(12-16)28-11-3-9-27-28/h2-6,9-13H,7-8,14-15H2,1H3,(H2,23,25,26). The van der Waals surface area contributed by atoms with Gasteiger partial charge in [-0.1, -0.05) is 23.7 Å². The lowest BCUT2D eigenvalue weighted by molar-refractivity contribution is 0.645. The molecule has 1 aliphatic rings. The lowest BCUT2D eigenvalue weighted by Crippen LogP contribution is -2.40. The summed E-state index contributed by atoms with van der Waals surface area (Å²) in [4.78, 5) is 8.72. The molecule has 0 unspecified atom stereocenters. The molecule has 0 saturated heterocycles. The summed E-state index contributed by atoms with van der Waals surface area (Å²) in [5.74, 6) is 1.58. The summed E-state index contributed by atoms with van der Waals surface area (Å²) in [6, 6.07) is 14.0. The van der Waals surface area contributed by atoms with Crippen LogP contribution in [0.4, 0.5) is 0 Å². The highest BCUT2D eigenvalue weighted by atomic mass is 35.5. The van der Waals surface area contributed by atoms with Crippen molar-refractivity contribution in [3.63, 3.8) is 0 Å². The molecule has 0 spiro atoms. The van der Waals surface area contributed by atoms with Crippen molar-refractivity contribution in [1.82, 2.24) is 25.4 Å². The number of halogens is 1. The summed E-state index contributed by atoms with van der Waals surface area (Å²) >= 11 is 6.17. The van der Waals surface area contributed by atoms with E-state index >= 15 is 0 Å². The molecular weight excluding hydrogens is 372 g/mol. The summed E-state index contributed by atoms with van der Waals surface area (Å²) < 4.78 is 1.75. The third-order valence-electron chi connectivity index (χ3n) is 5.12. The molecule has 4 rings (SSSR count). The molecule has 3 aromatic rings. The molecule has 0 radical (unpaired) electrons. The van der Waals surface area contributed by atoms with E-state index in [0.29, 0.717) is 6.54 Å². The number of aromatic nitrogens is 3. The third kappa shape index (κ3) is 4.17. The van der Waals surface area contributed by atoms with Crippen LogP contribution in [0.1, 0.15) is 24.0 Å². The first-order chi connectivity index (χ1) is 13.7. The van der Waals surface area contributed by atoms with Crippen molar-refractivity contribution in [3.8, 4) is 5.82 Å². The third-order valence-corrected chi connectivity index (χ3v) is 5.35. The monoisotopic (exact) mass is 394 g/mol. The molecule has 2 N–H and O–H groups in total. The van der Waals surface area contributed by atoms with Crippen molar-refractivity contribution >= 4 is 17.6 Å². The predicted octanol–water partition coefficient (Wildman–Crippen LogP) is 3.32. The Labute approximate surface area is 169 Å². The largest absolute Gasteiger partial charge is 0.356 e. The number of hydrogen-bond donors (Lipinski definition) is 2. The quantitative estimate of drug-likeness (QED) is 0.497. The Balaban J connectivity index is 1.35. The Bertz CT molecular complexity index is 963. The molecular formula is C21H23ClN6. The Morgan fingerprint density at radius 3 is 2.79 bits per heavy atom. The van der Waals surface area contributed by atoms with Gasteiger partial charge in [0.25, 0.3) is 0 Å². The van der Waals surface area contributed by atoms with Crippen LogP contribution in [0.2, 0.25) is 5.02 Å². The van der Waals surface area contributed by atoms with Gasteiger partial charge >= 0.3 is 0 Å². The predicted molar refractivity (Wildman–Crippen MR) is 112 cm³/mol. The van der Waals surface area contributed by atoms with Gasteiger partial charge in [-0.05, 0) is 54.3 Å². The topological polar surface area (TPSA) is 67.1 Å². The summed E-state index contributed by atoms with van der Waals surface area (Å²) in [7, 11) is 1.79. The maximum atomic E-state index is 6.17. The van der Waals surface area contributed by atoms with E-state index in [9.17, 15) is 0 Å². The summed E-state index contributed by atoms with van der Waals surface area (Å²) in [6.07, 6.45) is 7.74. The summed E-state index contributed by atoms with van der Waals surface area (Å²) in [5, 5.41) is 11.9. The van der Waals surface area contributed by atoms with Crippen LogP contribution in [0.5, 0.6) is 0 Å². The Morgan fingerprint density at radius 1 is 1.18 bits per heavy atom. The normalized spacial score (nSPS) is 15.3. The van der Waals surface area contributed by atoms with Crippen LogP contribution in [-0.2, 0) is 12.0 Å². The number of rotatable bonds is 6. The average molecular weight is 395 g/mol. The van der Waals surface area contributed by atoms with Gasteiger partial charge < -0.3 is 10.6 Å². The van der Waals surface area contributed by atoms with E-state index in [-0.39, 0.29) is 5.41 Å². The molecule has 2 heterocycles. The molecule has 0 bridgehead atoms. The molecule has 2 aromatic heterocycles. The van der Waals surface area contributed by atoms with E-state index in [1.54, 1.807) is 24.1 Å². The zero-order chi connectivity index (χ0) is 19.4. The van der Waals surface area contributed by atoms with E-state index in [0.717, 1.165) is 41.7 Å². The molecule has 0 atom stereocenters. The van der Waals surface area contributed by atoms with Crippen molar-refractivity contribution in [1.29, 1.82) is 0 Å². The van der Waals surface area contributed by atoms with Gasteiger partial charge in [0.1, 0.15) is 0 Å². The molecule has 6 nitrogen and oxygen atoms in total. The van der Waals surface area contributed by atoms with Crippen LogP contribution in [-0.4, -0.2) is 34.3 Å². The molecule has 0 amide bonds. The molecule has 1 aliphatic carbocycles. The fourth-order valence-corrected chi connectivity index (χ4v) is 3.49. The van der Waals surface area contributed by atoms with Crippen molar-refractivity contribution in [2.75, 3.05) is 13.6 Å². The Morgan fingerprint density at radius 2 is 2.07 bits per heavy atom. The van der Waals surface area contributed by atoms with E-state index in [1.165, 1.54) is 5.56 Å². The fraction of sp³-hybridized carbons (Fsp3) is 0.286. The zero-order valence-electron chi connectivity index (χ0n) is 15.8. The fourth-order valence-electron chi connectivity index (χ4n) is 3.30. The SMILES string of the molecule is CN=C(NCc1ccnc(-n2cccn2)c1)NCC1(c2cccc(Cl)c2)CC1. The van der Waals surface area contributed by atoms with E-state index in [1.807, 2.05) is 36.5 Å². The minimum absolute atomic E-state index is 0.159. The van der Waals surface area contributed by atoms with Gasteiger partial charge in [0, 0.05) is 49.2 Å².